The molecule has 0 aliphatic rings. The van der Waals surface area contributed by atoms with Gasteiger partial charge in [-0.05, 0) is 19.0 Å². The van der Waals surface area contributed by atoms with Crippen LogP contribution in [0.2, 0.25) is 0 Å². The number of benzene rings is 1. The van der Waals surface area contributed by atoms with Crippen LogP contribution in [0.15, 0.2) is 30.3 Å². The summed E-state index contributed by atoms with van der Waals surface area (Å²) >= 11 is 0. The van der Waals surface area contributed by atoms with Crippen LogP contribution < -0.4 is 10.6 Å². The first-order valence-electron chi connectivity index (χ1n) is 6.27. The van der Waals surface area contributed by atoms with Gasteiger partial charge in [-0.15, -0.1) is 0 Å². The molecule has 0 heterocycles. The van der Waals surface area contributed by atoms with E-state index >= 15 is 0 Å². The minimum atomic E-state index is -0.223. The fourth-order valence-corrected chi connectivity index (χ4v) is 1.80. The van der Waals surface area contributed by atoms with Crippen LogP contribution in [0.1, 0.15) is 12.5 Å². The Morgan fingerprint density at radius 2 is 2.00 bits per heavy atom. The molecule has 0 aliphatic heterocycles. The second-order valence-electron chi connectivity index (χ2n) is 4.54. The first kappa shape index (κ1) is 14.7. The fraction of sp³-hybridized carbons (Fsp3) is 0.500. The molecule has 3 N–H and O–H groups in total. The van der Waals surface area contributed by atoms with Gasteiger partial charge in [-0.1, -0.05) is 37.3 Å². The summed E-state index contributed by atoms with van der Waals surface area (Å²) in [6.45, 7) is 2.45. The number of carbonyl (C=O) groups excluding carboxylic acids is 1. The number of hydrogen-bond donors (Lipinski definition) is 3. The van der Waals surface area contributed by atoms with E-state index in [9.17, 15) is 9.90 Å². The molecule has 18 heavy (non-hydrogen) atoms. The zero-order valence-electron chi connectivity index (χ0n) is 11.0. The third-order valence-electron chi connectivity index (χ3n) is 2.85. The van der Waals surface area contributed by atoms with Crippen molar-refractivity contribution in [3.8, 4) is 0 Å². The molecule has 1 amide bonds. The Hall–Kier alpha value is -1.39. The van der Waals surface area contributed by atoms with Gasteiger partial charge in [-0.2, -0.15) is 0 Å². The molecule has 0 saturated heterocycles. The van der Waals surface area contributed by atoms with E-state index in [4.69, 9.17) is 0 Å². The highest BCUT2D eigenvalue weighted by atomic mass is 16.3. The number of hydrogen-bond acceptors (Lipinski definition) is 3. The third-order valence-corrected chi connectivity index (χ3v) is 2.85. The number of rotatable bonds is 7. The third kappa shape index (κ3) is 4.85. The van der Waals surface area contributed by atoms with Crippen molar-refractivity contribution in [2.24, 2.45) is 5.92 Å². The molecule has 1 aromatic carbocycles. The fourth-order valence-electron chi connectivity index (χ4n) is 1.80. The highest BCUT2D eigenvalue weighted by molar-refractivity contribution is 5.78. The smallest absolute Gasteiger partial charge is 0.224 e. The van der Waals surface area contributed by atoms with Crippen LogP contribution in [0.4, 0.5) is 0 Å². The van der Waals surface area contributed by atoms with Crippen LogP contribution in [-0.4, -0.2) is 37.3 Å². The average molecular weight is 250 g/mol. The van der Waals surface area contributed by atoms with Crippen molar-refractivity contribution in [1.29, 1.82) is 0 Å². The van der Waals surface area contributed by atoms with Crippen molar-refractivity contribution in [3.05, 3.63) is 35.9 Å². The molecule has 0 bridgehead atoms. The molecule has 0 aromatic heterocycles. The Kier molecular flexibility index (Phi) is 6.39. The van der Waals surface area contributed by atoms with Gasteiger partial charge >= 0.3 is 0 Å². The van der Waals surface area contributed by atoms with Crippen molar-refractivity contribution in [2.75, 3.05) is 20.2 Å². The van der Waals surface area contributed by atoms with Gasteiger partial charge in [0.25, 0.3) is 0 Å². The van der Waals surface area contributed by atoms with E-state index in [-0.39, 0.29) is 24.5 Å². The zero-order chi connectivity index (χ0) is 13.4. The van der Waals surface area contributed by atoms with Crippen molar-refractivity contribution in [1.82, 2.24) is 10.6 Å². The predicted molar refractivity (Wildman–Crippen MR) is 72.3 cm³/mol. The molecule has 0 spiro atoms. The molecular formula is C14H22N2O2. The maximum atomic E-state index is 11.8. The lowest BCUT2D eigenvalue weighted by Crippen LogP contribution is -2.43. The molecule has 4 heteroatoms. The topological polar surface area (TPSA) is 61.4 Å². The Morgan fingerprint density at radius 1 is 1.33 bits per heavy atom. The Bertz CT molecular complexity index is 354. The molecule has 1 aromatic rings. The molecule has 2 atom stereocenters. The molecule has 1 unspecified atom stereocenters. The van der Waals surface area contributed by atoms with Crippen molar-refractivity contribution in [3.63, 3.8) is 0 Å². The molecule has 1 rings (SSSR count). The highest BCUT2D eigenvalue weighted by Gasteiger charge is 2.16. The second-order valence-corrected chi connectivity index (χ2v) is 4.54. The quantitative estimate of drug-likeness (QED) is 0.663. The summed E-state index contributed by atoms with van der Waals surface area (Å²) in [6, 6.07) is 9.62. The van der Waals surface area contributed by atoms with Gasteiger partial charge < -0.3 is 15.7 Å². The summed E-state index contributed by atoms with van der Waals surface area (Å²) in [5.74, 6) is -0.126. The summed E-state index contributed by atoms with van der Waals surface area (Å²) in [7, 11) is 1.82. The van der Waals surface area contributed by atoms with E-state index < -0.39 is 0 Å². The van der Waals surface area contributed by atoms with E-state index in [0.717, 1.165) is 5.56 Å². The predicted octanol–water partition coefficient (Wildman–Crippen LogP) is 0.562. The molecule has 4 nitrogen and oxygen atoms in total. The van der Waals surface area contributed by atoms with E-state index in [1.807, 2.05) is 44.3 Å². The van der Waals surface area contributed by atoms with Crippen LogP contribution >= 0.6 is 0 Å². The number of nitrogens with one attached hydrogen (secondary N) is 2. The van der Waals surface area contributed by atoms with Crippen LogP contribution in [0.5, 0.6) is 0 Å². The molecule has 0 aliphatic carbocycles. The van der Waals surface area contributed by atoms with Crippen LogP contribution in [0, 0.1) is 5.92 Å². The standard InChI is InChI=1S/C14H22N2O2/c1-11(9-15-2)14(18)16-13(10-17)8-12-6-4-3-5-7-12/h3-7,11,13,15,17H,8-10H2,1-2H3,(H,16,18)/t11?,13-/m0/s1. The Balaban J connectivity index is 2.49. The summed E-state index contributed by atoms with van der Waals surface area (Å²) in [6.07, 6.45) is 0.648. The molecule has 0 saturated carbocycles. The normalized spacial score (nSPS) is 13.9. The lowest BCUT2D eigenvalue weighted by molar-refractivity contribution is -0.125. The number of aliphatic hydroxyl groups is 1. The maximum absolute atomic E-state index is 11.8. The van der Waals surface area contributed by atoms with Gasteiger partial charge in [0.15, 0.2) is 0 Å². The minimum Gasteiger partial charge on any atom is -0.394 e. The van der Waals surface area contributed by atoms with E-state index in [0.29, 0.717) is 13.0 Å². The lowest BCUT2D eigenvalue weighted by Gasteiger charge is -2.19. The van der Waals surface area contributed by atoms with Gasteiger partial charge in [0.2, 0.25) is 5.91 Å². The Labute approximate surface area is 108 Å². The maximum Gasteiger partial charge on any atom is 0.224 e. The molecule has 0 fully saturated rings. The van der Waals surface area contributed by atoms with Crippen molar-refractivity contribution < 1.29 is 9.90 Å². The largest absolute Gasteiger partial charge is 0.394 e. The van der Waals surface area contributed by atoms with Gasteiger partial charge in [-0.25, -0.2) is 0 Å². The first-order valence-corrected chi connectivity index (χ1v) is 6.27. The van der Waals surface area contributed by atoms with Gasteiger partial charge in [0.1, 0.15) is 0 Å². The van der Waals surface area contributed by atoms with Gasteiger partial charge in [0.05, 0.1) is 12.6 Å². The Morgan fingerprint density at radius 3 is 2.56 bits per heavy atom. The summed E-state index contributed by atoms with van der Waals surface area (Å²) in [4.78, 5) is 11.8. The minimum absolute atomic E-state index is 0.0284. The number of carbonyl (C=O) groups is 1. The monoisotopic (exact) mass is 250 g/mol. The van der Waals surface area contributed by atoms with Crippen LogP contribution in [-0.2, 0) is 11.2 Å². The number of aliphatic hydroxyl groups excluding tert-OH is 1. The van der Waals surface area contributed by atoms with E-state index in [1.165, 1.54) is 0 Å². The summed E-state index contributed by atoms with van der Waals surface area (Å²) in [5.41, 5.74) is 1.11. The molecule has 100 valence electrons. The van der Waals surface area contributed by atoms with Crippen LogP contribution in [0.3, 0.4) is 0 Å². The molecular weight excluding hydrogens is 228 g/mol. The van der Waals surface area contributed by atoms with Gasteiger partial charge in [-0.3, -0.25) is 4.79 Å². The lowest BCUT2D eigenvalue weighted by atomic mass is 10.1. The van der Waals surface area contributed by atoms with Crippen LogP contribution in [0.25, 0.3) is 0 Å². The van der Waals surface area contributed by atoms with E-state index in [2.05, 4.69) is 10.6 Å². The summed E-state index contributed by atoms with van der Waals surface area (Å²) < 4.78 is 0. The SMILES string of the molecule is CNCC(C)C(=O)N[C@H](CO)Cc1ccccc1. The molecule has 0 radical (unpaired) electrons. The summed E-state index contributed by atoms with van der Waals surface area (Å²) in [5, 5.41) is 15.2. The van der Waals surface area contributed by atoms with Gasteiger partial charge in [0, 0.05) is 12.5 Å². The van der Waals surface area contributed by atoms with E-state index in [1.54, 1.807) is 0 Å². The number of amides is 1. The highest BCUT2D eigenvalue weighted by Crippen LogP contribution is 2.04. The zero-order valence-corrected chi connectivity index (χ0v) is 11.0. The van der Waals surface area contributed by atoms with Crippen molar-refractivity contribution >= 4 is 5.91 Å². The van der Waals surface area contributed by atoms with Crippen molar-refractivity contribution in [2.45, 2.75) is 19.4 Å². The first-order chi connectivity index (χ1) is 8.67. The average Bonchev–Trinajstić information content (AvgIpc) is 2.39. The second kappa shape index (κ2) is 7.84.